The number of fused-ring (bicyclic) bond motifs is 1. The molecule has 0 aliphatic heterocycles. The molecule has 90 valence electrons. The van der Waals surface area contributed by atoms with Crippen LogP contribution in [0.5, 0.6) is 0 Å². The van der Waals surface area contributed by atoms with Crippen molar-refractivity contribution in [3.63, 3.8) is 0 Å². The maximum atomic E-state index is 11.3. The van der Waals surface area contributed by atoms with Crippen molar-refractivity contribution in [2.75, 3.05) is 0 Å². The summed E-state index contributed by atoms with van der Waals surface area (Å²) in [6.07, 6.45) is -0.0870. The molecule has 2 rings (SSSR count). The number of aliphatic carboxylic acids is 2. The average molecular weight is 235 g/mol. The zero-order valence-corrected chi connectivity index (χ0v) is 9.09. The Hall–Kier alpha value is -1.88. The van der Waals surface area contributed by atoms with Crippen molar-refractivity contribution in [3.05, 3.63) is 35.4 Å². The van der Waals surface area contributed by atoms with Crippen molar-refractivity contribution in [3.8, 4) is 0 Å². The van der Waals surface area contributed by atoms with Crippen molar-refractivity contribution in [1.29, 1.82) is 0 Å². The lowest BCUT2D eigenvalue weighted by Crippen LogP contribution is -2.52. The van der Waals surface area contributed by atoms with Crippen LogP contribution in [0.1, 0.15) is 23.5 Å². The van der Waals surface area contributed by atoms with Crippen LogP contribution in [0.15, 0.2) is 24.3 Å². The maximum Gasteiger partial charge on any atom is 0.324 e. The molecule has 0 fully saturated rings. The number of rotatable bonds is 3. The summed E-state index contributed by atoms with van der Waals surface area (Å²) >= 11 is 0. The van der Waals surface area contributed by atoms with Gasteiger partial charge in [-0.15, -0.1) is 0 Å². The lowest BCUT2D eigenvalue weighted by Gasteiger charge is -2.26. The van der Waals surface area contributed by atoms with Crippen molar-refractivity contribution >= 4 is 11.9 Å². The minimum atomic E-state index is -1.51. The molecule has 0 amide bonds. The van der Waals surface area contributed by atoms with Gasteiger partial charge in [-0.3, -0.25) is 9.59 Å². The number of carbonyl (C=O) groups is 2. The SMILES string of the molecule is NC1(C(=O)O)Cc2ccccc2C1CC(=O)O. The third kappa shape index (κ3) is 1.78. The molecule has 5 nitrogen and oxygen atoms in total. The Morgan fingerprint density at radius 2 is 2.00 bits per heavy atom. The fourth-order valence-corrected chi connectivity index (χ4v) is 2.44. The Bertz CT molecular complexity index is 485. The topological polar surface area (TPSA) is 101 Å². The summed E-state index contributed by atoms with van der Waals surface area (Å²) in [6.45, 7) is 0. The predicted octanol–water partition coefficient (Wildman–Crippen LogP) is 0.583. The highest BCUT2D eigenvalue weighted by atomic mass is 16.4. The van der Waals surface area contributed by atoms with Gasteiger partial charge in [-0.2, -0.15) is 0 Å². The summed E-state index contributed by atoms with van der Waals surface area (Å²) < 4.78 is 0. The molecule has 0 bridgehead atoms. The molecule has 1 aliphatic carbocycles. The predicted molar refractivity (Wildman–Crippen MR) is 59.7 cm³/mol. The van der Waals surface area contributed by atoms with Crippen LogP contribution in [0, 0.1) is 0 Å². The van der Waals surface area contributed by atoms with Gasteiger partial charge in [-0.05, 0) is 11.1 Å². The lowest BCUT2D eigenvalue weighted by molar-refractivity contribution is -0.145. The summed E-state index contributed by atoms with van der Waals surface area (Å²) in [4.78, 5) is 22.1. The quantitative estimate of drug-likeness (QED) is 0.711. The van der Waals surface area contributed by atoms with E-state index < -0.39 is 23.4 Å². The van der Waals surface area contributed by atoms with Gasteiger partial charge in [0.15, 0.2) is 0 Å². The number of carboxylic acids is 2. The Labute approximate surface area is 97.9 Å². The van der Waals surface area contributed by atoms with Crippen LogP contribution in [0.3, 0.4) is 0 Å². The number of carboxylic acid groups (broad SMARTS) is 2. The Morgan fingerprint density at radius 1 is 1.35 bits per heavy atom. The second kappa shape index (κ2) is 3.85. The molecule has 2 atom stereocenters. The summed E-state index contributed by atoms with van der Waals surface area (Å²) in [6, 6.07) is 7.10. The van der Waals surface area contributed by atoms with E-state index in [0.29, 0.717) is 0 Å². The van der Waals surface area contributed by atoms with Gasteiger partial charge in [-0.1, -0.05) is 24.3 Å². The lowest BCUT2D eigenvalue weighted by atomic mass is 9.83. The van der Waals surface area contributed by atoms with Crippen LogP contribution < -0.4 is 5.73 Å². The Balaban J connectivity index is 2.47. The average Bonchev–Trinajstić information content (AvgIpc) is 2.53. The van der Waals surface area contributed by atoms with E-state index in [1.807, 2.05) is 0 Å². The normalized spacial score (nSPS) is 26.5. The van der Waals surface area contributed by atoms with Gasteiger partial charge in [0.1, 0.15) is 5.54 Å². The summed E-state index contributed by atoms with van der Waals surface area (Å²) in [7, 11) is 0. The number of hydrogen-bond donors (Lipinski definition) is 3. The van der Waals surface area contributed by atoms with Crippen LogP contribution in [0.4, 0.5) is 0 Å². The first kappa shape index (κ1) is 11.6. The minimum absolute atomic E-state index is 0.177. The number of hydrogen-bond acceptors (Lipinski definition) is 3. The molecule has 4 N–H and O–H groups in total. The number of benzene rings is 1. The van der Waals surface area contributed by atoms with Gasteiger partial charge in [0, 0.05) is 12.3 Å². The van der Waals surface area contributed by atoms with E-state index in [0.717, 1.165) is 11.1 Å². The highest BCUT2D eigenvalue weighted by Crippen LogP contribution is 2.41. The highest BCUT2D eigenvalue weighted by Gasteiger charge is 2.49. The van der Waals surface area contributed by atoms with E-state index in [2.05, 4.69) is 0 Å². The van der Waals surface area contributed by atoms with Gasteiger partial charge in [0.05, 0.1) is 6.42 Å². The van der Waals surface area contributed by atoms with E-state index in [9.17, 15) is 14.7 Å². The van der Waals surface area contributed by atoms with Crippen LogP contribution in [-0.2, 0) is 16.0 Å². The molecular formula is C12H13NO4. The zero-order chi connectivity index (χ0) is 12.6. The van der Waals surface area contributed by atoms with Crippen LogP contribution in [0.25, 0.3) is 0 Å². The molecule has 0 spiro atoms. The largest absolute Gasteiger partial charge is 0.481 e. The van der Waals surface area contributed by atoms with Crippen LogP contribution in [0.2, 0.25) is 0 Å². The monoisotopic (exact) mass is 235 g/mol. The van der Waals surface area contributed by atoms with Gasteiger partial charge < -0.3 is 15.9 Å². The first-order valence-corrected chi connectivity index (χ1v) is 5.27. The number of nitrogens with two attached hydrogens (primary N) is 1. The van der Waals surface area contributed by atoms with Crippen molar-refractivity contribution in [2.24, 2.45) is 5.73 Å². The first-order chi connectivity index (χ1) is 7.95. The molecule has 2 unspecified atom stereocenters. The molecule has 0 saturated carbocycles. The fraction of sp³-hybridized carbons (Fsp3) is 0.333. The molecule has 0 heterocycles. The van der Waals surface area contributed by atoms with Crippen LogP contribution in [-0.4, -0.2) is 27.7 Å². The summed E-state index contributed by atoms with van der Waals surface area (Å²) in [5, 5.41) is 18.1. The zero-order valence-electron chi connectivity index (χ0n) is 9.09. The minimum Gasteiger partial charge on any atom is -0.481 e. The molecule has 1 aliphatic rings. The van der Waals surface area contributed by atoms with Gasteiger partial charge in [-0.25, -0.2) is 0 Å². The molecular weight excluding hydrogens is 222 g/mol. The van der Waals surface area contributed by atoms with Crippen molar-refractivity contribution in [2.45, 2.75) is 24.3 Å². The second-order valence-electron chi connectivity index (χ2n) is 4.37. The van der Waals surface area contributed by atoms with Gasteiger partial charge in [0.2, 0.25) is 0 Å². The Kier molecular flexibility index (Phi) is 2.63. The summed E-state index contributed by atoms with van der Waals surface area (Å²) in [5.41, 5.74) is 5.93. The molecule has 17 heavy (non-hydrogen) atoms. The molecule has 1 aromatic rings. The molecule has 0 saturated heterocycles. The first-order valence-electron chi connectivity index (χ1n) is 5.27. The molecule has 1 aromatic carbocycles. The van der Waals surface area contributed by atoms with Crippen molar-refractivity contribution in [1.82, 2.24) is 0 Å². The van der Waals surface area contributed by atoms with Crippen LogP contribution >= 0.6 is 0 Å². The van der Waals surface area contributed by atoms with E-state index >= 15 is 0 Å². The third-order valence-electron chi connectivity index (χ3n) is 3.31. The van der Waals surface area contributed by atoms with E-state index in [-0.39, 0.29) is 12.8 Å². The van der Waals surface area contributed by atoms with Gasteiger partial charge in [0.25, 0.3) is 0 Å². The van der Waals surface area contributed by atoms with Gasteiger partial charge >= 0.3 is 11.9 Å². The summed E-state index contributed by atoms with van der Waals surface area (Å²) in [5.74, 6) is -2.86. The van der Waals surface area contributed by atoms with E-state index in [4.69, 9.17) is 10.8 Å². The second-order valence-corrected chi connectivity index (χ2v) is 4.37. The standard InChI is InChI=1S/C12H13NO4/c13-12(11(16)17)6-7-3-1-2-4-8(7)9(12)5-10(14)15/h1-4,9H,5-6,13H2,(H,14,15)(H,16,17). The molecule has 0 aromatic heterocycles. The maximum absolute atomic E-state index is 11.3. The van der Waals surface area contributed by atoms with E-state index in [1.54, 1.807) is 24.3 Å². The Morgan fingerprint density at radius 3 is 2.59 bits per heavy atom. The third-order valence-corrected chi connectivity index (χ3v) is 3.31. The smallest absolute Gasteiger partial charge is 0.324 e. The molecule has 0 radical (unpaired) electrons. The fourth-order valence-electron chi connectivity index (χ4n) is 2.44. The van der Waals surface area contributed by atoms with Crippen molar-refractivity contribution < 1.29 is 19.8 Å². The van der Waals surface area contributed by atoms with E-state index in [1.165, 1.54) is 0 Å². The molecule has 5 heteroatoms. The highest BCUT2D eigenvalue weighted by molar-refractivity contribution is 5.84.